The molecule has 25 heavy (non-hydrogen) atoms. The SMILES string of the molecule is CC(=O)N(c1ccc(C)c(C)c1)c1nc(/C=N\N2CCCCC2)cs1. The Hall–Kier alpha value is -2.21. The van der Waals surface area contributed by atoms with Crippen LogP contribution in [0.25, 0.3) is 0 Å². The zero-order valence-electron chi connectivity index (χ0n) is 15.0. The number of hydrazone groups is 1. The molecule has 2 aromatic rings. The topological polar surface area (TPSA) is 48.8 Å². The quantitative estimate of drug-likeness (QED) is 0.769. The lowest BCUT2D eigenvalue weighted by Crippen LogP contribution is -2.24. The summed E-state index contributed by atoms with van der Waals surface area (Å²) in [4.78, 5) is 18.5. The fourth-order valence-corrected chi connectivity index (χ4v) is 3.70. The first kappa shape index (κ1) is 17.6. The number of benzene rings is 1. The average molecular weight is 356 g/mol. The van der Waals surface area contributed by atoms with Crippen molar-refractivity contribution in [3.05, 3.63) is 40.4 Å². The number of hydrogen-bond acceptors (Lipinski definition) is 5. The van der Waals surface area contributed by atoms with Crippen molar-refractivity contribution in [1.82, 2.24) is 9.99 Å². The van der Waals surface area contributed by atoms with Crippen LogP contribution < -0.4 is 4.90 Å². The van der Waals surface area contributed by atoms with Gasteiger partial charge in [-0.1, -0.05) is 6.07 Å². The van der Waals surface area contributed by atoms with Crippen LogP contribution in [-0.2, 0) is 4.79 Å². The number of aryl methyl sites for hydroxylation is 2. The van der Waals surface area contributed by atoms with E-state index in [-0.39, 0.29) is 5.91 Å². The van der Waals surface area contributed by atoms with Gasteiger partial charge in [-0.15, -0.1) is 11.3 Å². The maximum absolute atomic E-state index is 12.2. The number of anilines is 2. The Balaban J connectivity index is 1.81. The van der Waals surface area contributed by atoms with Crippen LogP contribution in [0.3, 0.4) is 0 Å². The van der Waals surface area contributed by atoms with Gasteiger partial charge in [0.25, 0.3) is 0 Å². The summed E-state index contributed by atoms with van der Waals surface area (Å²) < 4.78 is 0. The molecule has 1 amide bonds. The van der Waals surface area contributed by atoms with Crippen molar-refractivity contribution in [3.63, 3.8) is 0 Å². The maximum Gasteiger partial charge on any atom is 0.230 e. The molecule has 0 radical (unpaired) electrons. The number of nitrogens with zero attached hydrogens (tertiary/aromatic N) is 4. The molecule has 1 saturated heterocycles. The van der Waals surface area contributed by atoms with Gasteiger partial charge in [0.05, 0.1) is 17.6 Å². The molecule has 0 spiro atoms. The standard InChI is InChI=1S/C19H24N4OS/c1-14-7-8-18(11-15(14)2)23(16(3)24)19-21-17(13-25-19)12-20-22-9-5-4-6-10-22/h7-8,11-13H,4-6,9-10H2,1-3H3/b20-12-. The molecule has 5 nitrogen and oxygen atoms in total. The fraction of sp³-hybridized carbons (Fsp3) is 0.421. The van der Waals surface area contributed by atoms with Gasteiger partial charge in [-0.2, -0.15) is 5.10 Å². The highest BCUT2D eigenvalue weighted by atomic mass is 32.1. The molecule has 132 valence electrons. The molecule has 0 saturated carbocycles. The van der Waals surface area contributed by atoms with Crippen molar-refractivity contribution < 1.29 is 4.79 Å². The molecule has 0 atom stereocenters. The van der Waals surface area contributed by atoms with Crippen LogP contribution in [0.4, 0.5) is 10.8 Å². The van der Waals surface area contributed by atoms with Crippen LogP contribution in [0.5, 0.6) is 0 Å². The molecule has 0 aliphatic carbocycles. The third-order valence-corrected chi connectivity index (χ3v) is 5.29. The van der Waals surface area contributed by atoms with Gasteiger partial charge in [-0.25, -0.2) is 4.98 Å². The van der Waals surface area contributed by atoms with Gasteiger partial charge in [0.15, 0.2) is 5.13 Å². The van der Waals surface area contributed by atoms with Crippen LogP contribution in [0.2, 0.25) is 0 Å². The van der Waals surface area contributed by atoms with E-state index in [0.29, 0.717) is 5.13 Å². The van der Waals surface area contributed by atoms with Gasteiger partial charge in [0.1, 0.15) is 0 Å². The maximum atomic E-state index is 12.2. The van der Waals surface area contributed by atoms with Crippen molar-refractivity contribution in [1.29, 1.82) is 0 Å². The van der Waals surface area contributed by atoms with Gasteiger partial charge in [-0.3, -0.25) is 14.7 Å². The smallest absolute Gasteiger partial charge is 0.230 e. The zero-order valence-corrected chi connectivity index (χ0v) is 15.8. The number of carbonyl (C=O) groups is 1. The Bertz CT molecular complexity index is 777. The number of thiazole rings is 1. The summed E-state index contributed by atoms with van der Waals surface area (Å²) >= 11 is 1.46. The van der Waals surface area contributed by atoms with Crippen LogP contribution in [-0.4, -0.2) is 35.2 Å². The van der Waals surface area contributed by atoms with Gasteiger partial charge < -0.3 is 0 Å². The molecular weight excluding hydrogens is 332 g/mol. The molecule has 2 heterocycles. The van der Waals surface area contributed by atoms with Crippen LogP contribution >= 0.6 is 11.3 Å². The van der Waals surface area contributed by atoms with E-state index in [1.54, 1.807) is 18.0 Å². The number of piperidine rings is 1. The van der Waals surface area contributed by atoms with Gasteiger partial charge in [-0.05, 0) is 56.4 Å². The van der Waals surface area contributed by atoms with Crippen molar-refractivity contribution in [2.75, 3.05) is 18.0 Å². The highest BCUT2D eigenvalue weighted by Crippen LogP contribution is 2.30. The molecule has 1 aliphatic heterocycles. The van der Waals surface area contributed by atoms with E-state index >= 15 is 0 Å². The van der Waals surface area contributed by atoms with E-state index in [0.717, 1.165) is 30.0 Å². The fourth-order valence-electron chi connectivity index (χ4n) is 2.86. The monoisotopic (exact) mass is 356 g/mol. The Morgan fingerprint density at radius 1 is 1.24 bits per heavy atom. The first-order valence-corrected chi connectivity index (χ1v) is 9.55. The summed E-state index contributed by atoms with van der Waals surface area (Å²) in [6, 6.07) is 6.03. The number of hydrogen-bond donors (Lipinski definition) is 0. The van der Waals surface area contributed by atoms with Crippen LogP contribution in [0.15, 0.2) is 28.7 Å². The van der Waals surface area contributed by atoms with E-state index in [9.17, 15) is 4.79 Å². The van der Waals surface area contributed by atoms with E-state index in [1.165, 1.54) is 36.2 Å². The van der Waals surface area contributed by atoms with Gasteiger partial charge >= 0.3 is 0 Å². The Morgan fingerprint density at radius 3 is 2.68 bits per heavy atom. The number of amides is 1. The largest absolute Gasteiger partial charge is 0.297 e. The lowest BCUT2D eigenvalue weighted by molar-refractivity contribution is -0.115. The second kappa shape index (κ2) is 7.78. The van der Waals surface area contributed by atoms with Crippen molar-refractivity contribution in [3.8, 4) is 0 Å². The Labute approximate surface area is 153 Å². The lowest BCUT2D eigenvalue weighted by atomic mass is 10.1. The van der Waals surface area contributed by atoms with E-state index in [4.69, 9.17) is 0 Å². The highest BCUT2D eigenvalue weighted by molar-refractivity contribution is 7.14. The van der Waals surface area contributed by atoms with Gasteiger partial charge in [0, 0.05) is 25.4 Å². The third kappa shape index (κ3) is 4.25. The van der Waals surface area contributed by atoms with Crippen LogP contribution in [0, 0.1) is 13.8 Å². The minimum atomic E-state index is -0.0443. The average Bonchev–Trinajstić information content (AvgIpc) is 3.05. The molecule has 1 aromatic carbocycles. The predicted molar refractivity (Wildman–Crippen MR) is 104 cm³/mol. The lowest BCUT2D eigenvalue weighted by Gasteiger charge is -2.23. The molecule has 1 fully saturated rings. The summed E-state index contributed by atoms with van der Waals surface area (Å²) in [5, 5.41) is 9.23. The molecule has 1 aliphatic rings. The van der Waals surface area contributed by atoms with Crippen molar-refractivity contribution in [2.24, 2.45) is 5.10 Å². The zero-order chi connectivity index (χ0) is 17.8. The molecule has 3 rings (SSSR count). The number of carbonyl (C=O) groups excluding carboxylic acids is 1. The number of aromatic nitrogens is 1. The van der Waals surface area contributed by atoms with E-state index in [2.05, 4.69) is 28.9 Å². The first-order valence-electron chi connectivity index (χ1n) is 8.67. The van der Waals surface area contributed by atoms with Crippen LogP contribution in [0.1, 0.15) is 43.0 Å². The Kier molecular flexibility index (Phi) is 5.48. The van der Waals surface area contributed by atoms with Gasteiger partial charge in [0.2, 0.25) is 5.91 Å². The predicted octanol–water partition coefficient (Wildman–Crippen LogP) is 4.26. The highest BCUT2D eigenvalue weighted by Gasteiger charge is 2.18. The normalized spacial score (nSPS) is 14.9. The van der Waals surface area contributed by atoms with Crippen molar-refractivity contribution >= 4 is 34.3 Å². The van der Waals surface area contributed by atoms with E-state index in [1.807, 2.05) is 23.6 Å². The summed E-state index contributed by atoms with van der Waals surface area (Å²) in [5.41, 5.74) is 4.01. The third-order valence-electron chi connectivity index (χ3n) is 4.45. The summed E-state index contributed by atoms with van der Waals surface area (Å²) in [5.74, 6) is -0.0443. The summed E-state index contributed by atoms with van der Waals surface area (Å²) in [7, 11) is 0. The molecular formula is C19H24N4OS. The molecule has 0 bridgehead atoms. The summed E-state index contributed by atoms with van der Waals surface area (Å²) in [6.45, 7) is 7.70. The molecule has 1 aromatic heterocycles. The minimum absolute atomic E-state index is 0.0443. The first-order chi connectivity index (χ1) is 12.0. The van der Waals surface area contributed by atoms with Crippen molar-refractivity contribution in [2.45, 2.75) is 40.0 Å². The molecule has 6 heteroatoms. The number of rotatable bonds is 4. The second-order valence-electron chi connectivity index (χ2n) is 6.44. The van der Waals surface area contributed by atoms with E-state index < -0.39 is 0 Å². The second-order valence-corrected chi connectivity index (χ2v) is 7.27. The Morgan fingerprint density at radius 2 is 2.00 bits per heavy atom. The minimum Gasteiger partial charge on any atom is -0.297 e. The summed E-state index contributed by atoms with van der Waals surface area (Å²) in [6.07, 6.45) is 5.48. The molecule has 0 unspecified atom stereocenters. The molecule has 0 N–H and O–H groups in total.